The summed E-state index contributed by atoms with van der Waals surface area (Å²) in [6.07, 6.45) is -4.20. The Labute approximate surface area is 232 Å². The molecule has 0 aliphatic rings. The van der Waals surface area contributed by atoms with E-state index < -0.39 is 17.7 Å². The molecule has 2 atom stereocenters. The molecule has 0 saturated heterocycles. The summed E-state index contributed by atoms with van der Waals surface area (Å²) in [6.45, 7) is 5.46. The van der Waals surface area contributed by atoms with Gasteiger partial charge < -0.3 is 9.84 Å². The van der Waals surface area contributed by atoms with E-state index in [1.807, 2.05) is 37.3 Å². The van der Waals surface area contributed by atoms with Crippen LogP contribution in [0.25, 0.3) is 0 Å². The van der Waals surface area contributed by atoms with Crippen molar-refractivity contribution < 1.29 is 27.8 Å². The summed E-state index contributed by atoms with van der Waals surface area (Å²) >= 11 is 6.20. The molecule has 0 aliphatic heterocycles. The highest BCUT2D eigenvalue weighted by molar-refractivity contribution is 6.32. The van der Waals surface area contributed by atoms with Gasteiger partial charge in [0.1, 0.15) is 5.75 Å². The number of halogens is 5. The van der Waals surface area contributed by atoms with Gasteiger partial charge in [0.25, 0.3) is 0 Å². The molecule has 0 heterocycles. The zero-order valence-corrected chi connectivity index (χ0v) is 22.8. The third-order valence-corrected chi connectivity index (χ3v) is 6.57. The first-order valence-corrected chi connectivity index (χ1v) is 12.5. The van der Waals surface area contributed by atoms with Crippen molar-refractivity contribution in [2.75, 3.05) is 13.1 Å². The van der Waals surface area contributed by atoms with Crippen molar-refractivity contribution in [2.24, 2.45) is 0 Å². The Hall–Kier alpha value is -2.74. The molecule has 0 radical (unpaired) electrons. The Morgan fingerprint density at radius 2 is 1.71 bits per heavy atom. The molecule has 38 heavy (non-hydrogen) atoms. The predicted molar refractivity (Wildman–Crippen MR) is 146 cm³/mol. The molecule has 9 heteroatoms. The lowest BCUT2D eigenvalue weighted by atomic mass is 10.00. The summed E-state index contributed by atoms with van der Waals surface area (Å²) in [5, 5.41) is 8.75. The van der Waals surface area contributed by atoms with Crippen LogP contribution in [0.1, 0.15) is 48.4 Å². The minimum atomic E-state index is -4.52. The van der Waals surface area contributed by atoms with E-state index >= 15 is 0 Å². The molecular weight excluding hydrogens is 538 g/mol. The predicted octanol–water partition coefficient (Wildman–Crippen LogP) is 7.87. The van der Waals surface area contributed by atoms with Gasteiger partial charge in [0.15, 0.2) is 0 Å². The molecule has 1 unspecified atom stereocenters. The average molecular weight is 570 g/mol. The van der Waals surface area contributed by atoms with Gasteiger partial charge >= 0.3 is 12.1 Å². The van der Waals surface area contributed by atoms with Crippen molar-refractivity contribution in [3.8, 4) is 5.75 Å². The van der Waals surface area contributed by atoms with Crippen LogP contribution in [0.3, 0.4) is 0 Å². The first-order valence-electron chi connectivity index (χ1n) is 12.1. The molecule has 3 aromatic carbocycles. The molecule has 1 N–H and O–H groups in total. The second-order valence-electron chi connectivity index (χ2n) is 9.26. The van der Waals surface area contributed by atoms with Crippen LogP contribution in [-0.2, 0) is 23.9 Å². The van der Waals surface area contributed by atoms with Crippen molar-refractivity contribution in [3.63, 3.8) is 0 Å². The molecule has 0 aliphatic carbocycles. The fraction of sp³-hybridized carbons (Fsp3) is 0.345. The monoisotopic (exact) mass is 569 g/mol. The van der Waals surface area contributed by atoms with Crippen LogP contribution in [-0.4, -0.2) is 35.2 Å². The first kappa shape index (κ1) is 31.5. The van der Waals surface area contributed by atoms with Crippen LogP contribution >= 0.6 is 24.0 Å². The van der Waals surface area contributed by atoms with Crippen LogP contribution in [0.4, 0.5) is 13.2 Å². The van der Waals surface area contributed by atoms with Crippen molar-refractivity contribution in [1.29, 1.82) is 0 Å². The summed E-state index contributed by atoms with van der Waals surface area (Å²) in [4.78, 5) is 13.1. The average Bonchev–Trinajstić information content (AvgIpc) is 2.83. The van der Waals surface area contributed by atoms with Crippen LogP contribution < -0.4 is 4.74 Å². The molecule has 0 aromatic heterocycles. The van der Waals surface area contributed by atoms with Crippen molar-refractivity contribution >= 4 is 30.0 Å². The maximum atomic E-state index is 13.4. The molecular formula is C29H32Cl2F3NO3. The standard InChI is InChI=1S/C29H31ClF3NO3.ClH/c1-20(23-9-4-3-5-10-23)18-34(19-24-11-7-13-26(28(24)30)29(31,32)33)15-14-21(2)37-25-12-6-8-22(16-25)17-27(35)36;/h3-13,16,20-21H,14-15,17-19H2,1-2H3,(H,35,36);1H/t20?,21-;/m1./s1. The van der Waals surface area contributed by atoms with Gasteiger partial charge in [-0.15, -0.1) is 12.4 Å². The molecule has 4 nitrogen and oxygen atoms in total. The minimum absolute atomic E-state index is 0. The SMILES string of the molecule is CC(CN(CC[C@@H](C)Oc1cccc(CC(=O)O)c1)Cc1cccc(C(F)(F)F)c1Cl)c1ccccc1.Cl. The highest BCUT2D eigenvalue weighted by Gasteiger charge is 2.34. The van der Waals surface area contributed by atoms with Crippen molar-refractivity contribution in [3.05, 3.63) is 100 Å². The molecule has 0 bridgehead atoms. The number of ether oxygens (including phenoxy) is 1. The number of nitrogens with zero attached hydrogens (tertiary/aromatic N) is 1. The number of alkyl halides is 3. The summed E-state index contributed by atoms with van der Waals surface area (Å²) in [7, 11) is 0. The second kappa shape index (κ2) is 14.4. The minimum Gasteiger partial charge on any atom is -0.491 e. The van der Waals surface area contributed by atoms with E-state index in [0.29, 0.717) is 36.4 Å². The third-order valence-electron chi connectivity index (χ3n) is 6.12. The Balaban J connectivity index is 0.00000507. The largest absolute Gasteiger partial charge is 0.491 e. The van der Waals surface area contributed by atoms with E-state index in [4.69, 9.17) is 21.4 Å². The van der Waals surface area contributed by atoms with Gasteiger partial charge in [-0.1, -0.05) is 73.1 Å². The smallest absolute Gasteiger partial charge is 0.417 e. The van der Waals surface area contributed by atoms with E-state index in [-0.39, 0.29) is 42.4 Å². The van der Waals surface area contributed by atoms with E-state index in [1.54, 1.807) is 30.3 Å². The maximum Gasteiger partial charge on any atom is 0.417 e. The lowest BCUT2D eigenvalue weighted by molar-refractivity contribution is -0.138. The Kier molecular flexibility index (Phi) is 11.9. The van der Waals surface area contributed by atoms with Crippen LogP contribution in [0.5, 0.6) is 5.75 Å². The Morgan fingerprint density at radius 3 is 2.37 bits per heavy atom. The molecule has 206 valence electrons. The number of hydrogen-bond donors (Lipinski definition) is 1. The zero-order valence-electron chi connectivity index (χ0n) is 21.2. The number of hydrogen-bond acceptors (Lipinski definition) is 3. The van der Waals surface area contributed by atoms with Crippen molar-refractivity contribution in [2.45, 2.75) is 51.4 Å². The fourth-order valence-electron chi connectivity index (χ4n) is 4.23. The van der Waals surface area contributed by atoms with E-state index in [9.17, 15) is 18.0 Å². The highest BCUT2D eigenvalue weighted by atomic mass is 35.5. The first-order chi connectivity index (χ1) is 17.5. The van der Waals surface area contributed by atoms with E-state index in [2.05, 4.69) is 11.8 Å². The number of carbonyl (C=O) groups is 1. The normalized spacial score (nSPS) is 13.0. The van der Waals surface area contributed by atoms with Crippen LogP contribution in [0.2, 0.25) is 5.02 Å². The lowest BCUT2D eigenvalue weighted by Crippen LogP contribution is -2.31. The zero-order chi connectivity index (χ0) is 27.0. The van der Waals surface area contributed by atoms with Gasteiger partial charge in [-0.3, -0.25) is 9.69 Å². The van der Waals surface area contributed by atoms with Gasteiger partial charge in [-0.2, -0.15) is 13.2 Å². The van der Waals surface area contributed by atoms with Gasteiger partial charge in [-0.05, 0) is 54.2 Å². The fourth-order valence-corrected chi connectivity index (χ4v) is 4.52. The summed E-state index contributed by atoms with van der Waals surface area (Å²) in [5.41, 5.74) is 1.38. The molecule has 0 saturated carbocycles. The Morgan fingerprint density at radius 1 is 1.03 bits per heavy atom. The number of aliphatic carboxylic acids is 1. The summed E-state index contributed by atoms with van der Waals surface area (Å²) in [6, 6.07) is 20.9. The van der Waals surface area contributed by atoms with Gasteiger partial charge in [0, 0.05) is 19.6 Å². The number of carboxylic acids is 1. The molecule has 0 spiro atoms. The number of rotatable bonds is 12. The molecule has 0 fully saturated rings. The topological polar surface area (TPSA) is 49.8 Å². The molecule has 3 aromatic rings. The van der Waals surface area contributed by atoms with E-state index in [1.165, 1.54) is 6.07 Å². The van der Waals surface area contributed by atoms with Gasteiger partial charge in [0.05, 0.1) is 23.1 Å². The van der Waals surface area contributed by atoms with Crippen LogP contribution in [0.15, 0.2) is 72.8 Å². The quantitative estimate of drug-likeness (QED) is 0.241. The summed E-state index contributed by atoms with van der Waals surface area (Å²) < 4.78 is 46.2. The van der Waals surface area contributed by atoms with Crippen molar-refractivity contribution in [1.82, 2.24) is 4.90 Å². The Bertz CT molecular complexity index is 1180. The summed E-state index contributed by atoms with van der Waals surface area (Å²) in [5.74, 6) is -0.187. The van der Waals surface area contributed by atoms with Gasteiger partial charge in [0.2, 0.25) is 0 Å². The number of benzene rings is 3. The van der Waals surface area contributed by atoms with Gasteiger partial charge in [-0.25, -0.2) is 0 Å². The van der Waals surface area contributed by atoms with Crippen LogP contribution in [0, 0.1) is 0 Å². The lowest BCUT2D eigenvalue weighted by Gasteiger charge is -2.28. The number of carboxylic acid groups (broad SMARTS) is 1. The molecule has 3 rings (SSSR count). The highest BCUT2D eigenvalue weighted by Crippen LogP contribution is 2.36. The third kappa shape index (κ3) is 9.53. The van der Waals surface area contributed by atoms with E-state index in [0.717, 1.165) is 11.6 Å². The molecule has 0 amide bonds. The second-order valence-corrected chi connectivity index (χ2v) is 9.64. The maximum absolute atomic E-state index is 13.4.